The summed E-state index contributed by atoms with van der Waals surface area (Å²) in [6.07, 6.45) is 3.72. The molecule has 10 heteroatoms. The monoisotopic (exact) mass is 654 g/mol. The number of hydrogen-bond acceptors (Lipinski definition) is 8. The Labute approximate surface area is 280 Å². The van der Waals surface area contributed by atoms with Crippen LogP contribution in [0.3, 0.4) is 0 Å². The largest absolute Gasteiger partial charge is 0.463 e. The first kappa shape index (κ1) is 30.6. The van der Waals surface area contributed by atoms with Crippen molar-refractivity contribution in [2.45, 2.75) is 30.8 Å². The second kappa shape index (κ2) is 11.5. The molecule has 3 aliphatic carbocycles. The Morgan fingerprint density at radius 2 is 1.55 bits per heavy atom. The number of Topliss-reactive ketones (excluding diaryl/α,β-unsaturated/α-hetero) is 1. The van der Waals surface area contributed by atoms with E-state index in [4.69, 9.17) is 4.42 Å². The highest BCUT2D eigenvalue weighted by molar-refractivity contribution is 6.32. The Morgan fingerprint density at radius 1 is 0.857 bits per heavy atom. The highest BCUT2D eigenvalue weighted by atomic mass is 16.6. The minimum Gasteiger partial charge on any atom is -0.463 e. The molecule has 1 saturated carbocycles. The third kappa shape index (κ3) is 4.44. The van der Waals surface area contributed by atoms with Gasteiger partial charge in [-0.25, -0.2) is 0 Å². The summed E-state index contributed by atoms with van der Waals surface area (Å²) >= 11 is 0. The summed E-state index contributed by atoms with van der Waals surface area (Å²) in [5, 5.41) is 21.2. The van der Waals surface area contributed by atoms with Gasteiger partial charge in [0.05, 0.1) is 33.8 Å². The summed E-state index contributed by atoms with van der Waals surface area (Å²) < 4.78 is 6.20. The second-order valence-corrected chi connectivity index (χ2v) is 13.0. The maximum Gasteiger partial charge on any atom is 0.269 e. The minimum atomic E-state index is -1.43. The summed E-state index contributed by atoms with van der Waals surface area (Å²) in [6.45, 7) is -0.371. The van der Waals surface area contributed by atoms with Gasteiger partial charge in [0, 0.05) is 23.6 Å². The van der Waals surface area contributed by atoms with Crippen LogP contribution in [0, 0.1) is 33.8 Å². The SMILES string of the molecule is O=C1C(c2ccccc2)=CC(=O)C2(c3ccccc3)C1CC1C(=CCC3C(=O)N(c4ccc([N+](=O)[O-])cc4)C(=O)C31)C2c1ccc(CO)o1. The molecule has 244 valence electrons. The molecule has 1 N–H and O–H groups in total. The zero-order valence-electron chi connectivity index (χ0n) is 26.1. The van der Waals surface area contributed by atoms with Gasteiger partial charge in [-0.1, -0.05) is 72.3 Å². The molecule has 8 rings (SSSR count). The van der Waals surface area contributed by atoms with Crippen LogP contribution >= 0.6 is 0 Å². The van der Waals surface area contributed by atoms with E-state index in [0.717, 1.165) is 10.5 Å². The van der Waals surface area contributed by atoms with Gasteiger partial charge in [0.1, 0.15) is 18.1 Å². The molecule has 0 bridgehead atoms. The van der Waals surface area contributed by atoms with Gasteiger partial charge < -0.3 is 9.52 Å². The highest BCUT2D eigenvalue weighted by Gasteiger charge is 2.66. The van der Waals surface area contributed by atoms with Crippen molar-refractivity contribution in [3.63, 3.8) is 0 Å². The van der Waals surface area contributed by atoms with E-state index < -0.39 is 51.7 Å². The van der Waals surface area contributed by atoms with Crippen molar-refractivity contribution in [2.75, 3.05) is 4.90 Å². The molecular weight excluding hydrogens is 624 g/mol. The van der Waals surface area contributed by atoms with Crippen molar-refractivity contribution in [1.82, 2.24) is 0 Å². The molecule has 1 saturated heterocycles. The Bertz CT molecular complexity index is 2100. The van der Waals surface area contributed by atoms with Gasteiger partial charge in [0.2, 0.25) is 11.8 Å². The number of furan rings is 1. The number of nitrogens with zero attached hydrogens (tertiary/aromatic N) is 2. The molecule has 3 aromatic carbocycles. The molecule has 10 nitrogen and oxygen atoms in total. The fraction of sp³-hybridized carbons (Fsp3) is 0.231. The number of non-ortho nitro benzene ring substituents is 1. The van der Waals surface area contributed by atoms with E-state index in [-0.39, 0.29) is 53.7 Å². The van der Waals surface area contributed by atoms with Crippen LogP contribution < -0.4 is 4.90 Å². The van der Waals surface area contributed by atoms with Crippen LogP contribution in [0.15, 0.2) is 119 Å². The zero-order chi connectivity index (χ0) is 34.0. The first-order chi connectivity index (χ1) is 23.7. The van der Waals surface area contributed by atoms with E-state index >= 15 is 0 Å². The number of hydrogen-bond donors (Lipinski definition) is 1. The first-order valence-corrected chi connectivity index (χ1v) is 16.2. The van der Waals surface area contributed by atoms with Crippen LogP contribution in [-0.4, -0.2) is 33.4 Å². The number of nitro groups is 1. The van der Waals surface area contributed by atoms with Crippen molar-refractivity contribution in [1.29, 1.82) is 0 Å². The van der Waals surface area contributed by atoms with Gasteiger partial charge in [0.25, 0.3) is 5.69 Å². The number of carbonyl (C=O) groups excluding carboxylic acids is 4. The first-order valence-electron chi connectivity index (χ1n) is 16.2. The molecule has 2 heterocycles. The fourth-order valence-corrected chi connectivity index (χ4v) is 8.80. The van der Waals surface area contributed by atoms with Crippen LogP contribution in [-0.2, 0) is 31.2 Å². The number of nitro benzene ring substituents is 1. The molecule has 6 unspecified atom stereocenters. The van der Waals surface area contributed by atoms with E-state index in [1.165, 1.54) is 30.3 Å². The lowest BCUT2D eigenvalue weighted by atomic mass is 9.45. The average Bonchev–Trinajstić information content (AvgIpc) is 3.71. The predicted octanol–water partition coefficient (Wildman–Crippen LogP) is 5.71. The highest BCUT2D eigenvalue weighted by Crippen LogP contribution is 2.63. The number of rotatable bonds is 6. The fourth-order valence-electron chi connectivity index (χ4n) is 8.80. The Morgan fingerprint density at radius 3 is 2.20 bits per heavy atom. The molecule has 4 aliphatic rings. The van der Waals surface area contributed by atoms with Crippen LogP contribution in [0.1, 0.15) is 41.4 Å². The molecule has 6 atom stereocenters. The smallest absolute Gasteiger partial charge is 0.269 e. The number of benzene rings is 3. The van der Waals surface area contributed by atoms with Gasteiger partial charge >= 0.3 is 0 Å². The van der Waals surface area contributed by atoms with Crippen molar-refractivity contribution < 1.29 is 33.6 Å². The minimum absolute atomic E-state index is 0.133. The number of aliphatic hydroxyl groups is 1. The topological polar surface area (TPSA) is 148 Å². The van der Waals surface area contributed by atoms with E-state index in [1.54, 1.807) is 36.4 Å². The van der Waals surface area contributed by atoms with E-state index in [0.29, 0.717) is 16.9 Å². The van der Waals surface area contributed by atoms with Crippen molar-refractivity contribution >= 4 is 40.3 Å². The normalized spacial score (nSPS) is 27.6. The molecular formula is C39H30N2O8. The average molecular weight is 655 g/mol. The number of ketones is 2. The van der Waals surface area contributed by atoms with Gasteiger partial charge in [-0.15, -0.1) is 0 Å². The summed E-state index contributed by atoms with van der Waals surface area (Å²) in [6, 6.07) is 26.8. The number of aliphatic hydroxyl groups excluding tert-OH is 1. The standard InChI is InChI=1S/C39H30N2O8/c42-21-26-15-18-32(49-26)35-27-16-17-28-34(38(46)40(37(28)45)24-11-13-25(14-12-24)41(47)48)30(27)19-31-36(44)29(22-7-3-1-4-8-22)20-33(43)39(31,35)23-9-5-2-6-10-23/h1-16,18,20,28,30-31,34-35,42H,17,19,21H2. The third-order valence-electron chi connectivity index (χ3n) is 10.8. The molecule has 0 radical (unpaired) electrons. The van der Waals surface area contributed by atoms with Crippen molar-refractivity contribution in [3.05, 3.63) is 148 Å². The number of anilines is 1. The van der Waals surface area contributed by atoms with Crippen LogP contribution in [0.4, 0.5) is 11.4 Å². The van der Waals surface area contributed by atoms with Gasteiger partial charge in [-0.2, -0.15) is 0 Å². The quantitative estimate of drug-likeness (QED) is 0.120. The molecule has 49 heavy (non-hydrogen) atoms. The number of carbonyl (C=O) groups is 4. The van der Waals surface area contributed by atoms with Gasteiger partial charge in [-0.05, 0) is 60.2 Å². The number of amides is 2. The second-order valence-electron chi connectivity index (χ2n) is 13.0. The maximum atomic E-state index is 14.9. The summed E-state index contributed by atoms with van der Waals surface area (Å²) in [7, 11) is 0. The molecule has 1 aromatic heterocycles. The van der Waals surface area contributed by atoms with Crippen LogP contribution in [0.5, 0.6) is 0 Å². The predicted molar refractivity (Wildman–Crippen MR) is 177 cm³/mol. The number of imide groups is 1. The zero-order valence-corrected chi connectivity index (χ0v) is 26.1. The number of fused-ring (bicyclic) bond motifs is 4. The molecule has 1 aliphatic heterocycles. The van der Waals surface area contributed by atoms with E-state index in [9.17, 15) is 34.4 Å². The van der Waals surface area contributed by atoms with E-state index in [1.807, 2.05) is 42.5 Å². The van der Waals surface area contributed by atoms with E-state index in [2.05, 4.69) is 0 Å². The Kier molecular flexibility index (Phi) is 7.15. The Balaban J connectivity index is 1.32. The lowest BCUT2D eigenvalue weighted by Crippen LogP contribution is -2.58. The molecule has 0 spiro atoms. The molecule has 2 amide bonds. The third-order valence-corrected chi connectivity index (χ3v) is 10.8. The summed E-state index contributed by atoms with van der Waals surface area (Å²) in [5.74, 6) is -4.58. The van der Waals surface area contributed by atoms with Crippen LogP contribution in [0.2, 0.25) is 0 Å². The summed E-state index contributed by atoms with van der Waals surface area (Å²) in [5.41, 5.74) is 0.914. The maximum absolute atomic E-state index is 14.9. The van der Waals surface area contributed by atoms with Crippen LogP contribution in [0.25, 0.3) is 5.57 Å². The van der Waals surface area contributed by atoms with Crippen molar-refractivity contribution in [2.24, 2.45) is 23.7 Å². The molecule has 4 aromatic rings. The lowest BCUT2D eigenvalue weighted by molar-refractivity contribution is -0.384. The Hall–Kier alpha value is -5.74. The van der Waals surface area contributed by atoms with Gasteiger partial charge in [-0.3, -0.25) is 34.2 Å². The summed E-state index contributed by atoms with van der Waals surface area (Å²) in [4.78, 5) is 70.0. The van der Waals surface area contributed by atoms with Crippen molar-refractivity contribution in [3.8, 4) is 0 Å². The molecule has 2 fully saturated rings. The van der Waals surface area contributed by atoms with Gasteiger partial charge in [0.15, 0.2) is 11.6 Å². The number of allylic oxidation sites excluding steroid dienone is 4. The lowest BCUT2D eigenvalue weighted by Gasteiger charge is -2.54.